The highest BCUT2D eigenvalue weighted by atomic mass is 32.2. The molecular formula is C20H21N3O4S2. The van der Waals surface area contributed by atoms with Gasteiger partial charge in [0.2, 0.25) is 5.88 Å². The summed E-state index contributed by atoms with van der Waals surface area (Å²) in [6, 6.07) is 13.1. The molecule has 0 saturated heterocycles. The monoisotopic (exact) mass is 431 g/mol. The first kappa shape index (κ1) is 20.8. The second-order valence-electron chi connectivity index (χ2n) is 6.11. The number of ether oxygens (including phenoxy) is 1. The van der Waals surface area contributed by atoms with Crippen LogP contribution in [0.1, 0.15) is 29.3 Å². The van der Waals surface area contributed by atoms with Crippen LogP contribution in [-0.2, 0) is 16.6 Å². The average Bonchev–Trinajstić information content (AvgIpc) is 3.27. The minimum absolute atomic E-state index is 0.233. The van der Waals surface area contributed by atoms with Crippen LogP contribution < -0.4 is 14.8 Å². The Morgan fingerprint density at radius 2 is 1.93 bits per heavy atom. The lowest BCUT2D eigenvalue weighted by molar-refractivity contribution is 0.0950. The van der Waals surface area contributed by atoms with Crippen molar-refractivity contribution >= 4 is 33.0 Å². The van der Waals surface area contributed by atoms with Gasteiger partial charge < -0.3 is 10.1 Å². The summed E-state index contributed by atoms with van der Waals surface area (Å²) in [5.41, 5.74) is 1.59. The molecule has 0 saturated carbocycles. The third-order valence-corrected chi connectivity index (χ3v) is 6.67. The molecule has 0 bridgehead atoms. The van der Waals surface area contributed by atoms with Gasteiger partial charge in [0, 0.05) is 29.6 Å². The molecule has 2 aromatic heterocycles. The summed E-state index contributed by atoms with van der Waals surface area (Å²) >= 11 is 1.14. The molecule has 1 aromatic carbocycles. The molecule has 152 valence electrons. The third-order valence-electron chi connectivity index (χ3n) is 3.89. The Morgan fingerprint density at radius 1 is 1.14 bits per heavy atom. The summed E-state index contributed by atoms with van der Waals surface area (Å²) in [7, 11) is -3.61. The Morgan fingerprint density at radius 3 is 2.62 bits per heavy atom. The van der Waals surface area contributed by atoms with Crippen LogP contribution in [0.2, 0.25) is 0 Å². The molecule has 2 N–H and O–H groups in total. The standard InChI is InChI=1S/C20H21N3O4S2/c1-2-12-27-20-16(5-3-11-21-20)14-22-19(24)15-7-9-17(10-8-15)23-29(25,26)18-6-4-13-28-18/h3-11,13,23H,2,12,14H2,1H3,(H,22,24). The Labute approximate surface area is 173 Å². The quantitative estimate of drug-likeness (QED) is 0.539. The van der Waals surface area contributed by atoms with E-state index < -0.39 is 10.0 Å². The maximum Gasteiger partial charge on any atom is 0.271 e. The van der Waals surface area contributed by atoms with Gasteiger partial charge in [-0.15, -0.1) is 11.3 Å². The lowest BCUT2D eigenvalue weighted by atomic mass is 10.2. The molecule has 0 spiro atoms. The van der Waals surface area contributed by atoms with Crippen molar-refractivity contribution in [3.05, 3.63) is 71.2 Å². The SMILES string of the molecule is CCCOc1ncccc1CNC(=O)c1ccc(NS(=O)(=O)c2cccs2)cc1. The number of aromatic nitrogens is 1. The van der Waals surface area contributed by atoms with Gasteiger partial charge in [-0.2, -0.15) is 0 Å². The molecule has 3 aromatic rings. The molecule has 1 amide bonds. The van der Waals surface area contributed by atoms with Crippen LogP contribution in [-0.4, -0.2) is 25.9 Å². The van der Waals surface area contributed by atoms with Crippen molar-refractivity contribution in [2.24, 2.45) is 0 Å². The number of amides is 1. The molecule has 0 aliphatic carbocycles. The number of nitrogens with zero attached hydrogens (tertiary/aromatic N) is 1. The van der Waals surface area contributed by atoms with Crippen LogP contribution in [0.25, 0.3) is 0 Å². The summed E-state index contributed by atoms with van der Waals surface area (Å²) in [6.07, 6.45) is 2.51. The van der Waals surface area contributed by atoms with Crippen molar-refractivity contribution in [2.45, 2.75) is 24.1 Å². The number of carbonyl (C=O) groups is 1. The Balaban J connectivity index is 1.61. The van der Waals surface area contributed by atoms with E-state index in [2.05, 4.69) is 15.0 Å². The van der Waals surface area contributed by atoms with E-state index in [0.717, 1.165) is 23.3 Å². The fourth-order valence-electron chi connectivity index (χ4n) is 2.48. The van der Waals surface area contributed by atoms with E-state index in [1.54, 1.807) is 48.0 Å². The maximum atomic E-state index is 12.4. The molecule has 29 heavy (non-hydrogen) atoms. The number of benzene rings is 1. The normalized spacial score (nSPS) is 11.1. The van der Waals surface area contributed by atoms with Crippen LogP contribution in [0, 0.1) is 0 Å². The number of sulfonamides is 1. The van der Waals surface area contributed by atoms with E-state index in [9.17, 15) is 13.2 Å². The molecule has 0 aliphatic heterocycles. The number of pyridine rings is 1. The van der Waals surface area contributed by atoms with Crippen LogP contribution in [0.15, 0.2) is 64.3 Å². The Hall–Kier alpha value is -2.91. The number of thiophene rings is 1. The Kier molecular flexibility index (Phi) is 6.84. The van der Waals surface area contributed by atoms with Crippen molar-refractivity contribution < 1.29 is 17.9 Å². The highest BCUT2D eigenvalue weighted by Gasteiger charge is 2.15. The number of anilines is 1. The van der Waals surface area contributed by atoms with Gasteiger partial charge >= 0.3 is 0 Å². The van der Waals surface area contributed by atoms with E-state index >= 15 is 0 Å². The van der Waals surface area contributed by atoms with Gasteiger partial charge in [0.25, 0.3) is 15.9 Å². The summed E-state index contributed by atoms with van der Waals surface area (Å²) in [6.45, 7) is 2.84. The molecule has 7 nitrogen and oxygen atoms in total. The number of nitrogens with one attached hydrogen (secondary N) is 2. The number of hydrogen-bond acceptors (Lipinski definition) is 6. The molecule has 0 fully saturated rings. The molecule has 0 aliphatic rings. The van der Waals surface area contributed by atoms with Crippen molar-refractivity contribution in [3.63, 3.8) is 0 Å². The van der Waals surface area contributed by atoms with Crippen LogP contribution >= 0.6 is 11.3 Å². The predicted molar refractivity (Wildman–Crippen MR) is 113 cm³/mol. The fourth-order valence-corrected chi connectivity index (χ4v) is 4.53. The molecule has 2 heterocycles. The zero-order valence-corrected chi connectivity index (χ0v) is 17.4. The summed E-state index contributed by atoms with van der Waals surface area (Å²) in [5.74, 6) is 0.232. The van der Waals surface area contributed by atoms with E-state index in [4.69, 9.17) is 4.74 Å². The average molecular weight is 432 g/mol. The highest BCUT2D eigenvalue weighted by molar-refractivity contribution is 7.94. The highest BCUT2D eigenvalue weighted by Crippen LogP contribution is 2.20. The van der Waals surface area contributed by atoms with E-state index in [1.807, 2.05) is 13.0 Å². The number of carbonyl (C=O) groups excluding carboxylic acids is 1. The van der Waals surface area contributed by atoms with Gasteiger partial charge in [0.05, 0.1) is 6.61 Å². The second kappa shape index (κ2) is 9.53. The van der Waals surface area contributed by atoms with Gasteiger partial charge in [-0.3, -0.25) is 9.52 Å². The minimum atomic E-state index is -3.61. The van der Waals surface area contributed by atoms with Crippen LogP contribution in [0.3, 0.4) is 0 Å². The second-order valence-corrected chi connectivity index (χ2v) is 8.97. The molecule has 9 heteroatoms. The van der Waals surface area contributed by atoms with E-state index in [-0.39, 0.29) is 16.7 Å². The fraction of sp³-hybridized carbons (Fsp3) is 0.200. The van der Waals surface area contributed by atoms with Gasteiger partial charge in [-0.25, -0.2) is 13.4 Å². The van der Waals surface area contributed by atoms with Crippen molar-refractivity contribution in [1.29, 1.82) is 0 Å². The lowest BCUT2D eigenvalue weighted by Gasteiger charge is -2.11. The van der Waals surface area contributed by atoms with Crippen LogP contribution in [0.5, 0.6) is 5.88 Å². The summed E-state index contributed by atoms with van der Waals surface area (Å²) in [4.78, 5) is 16.6. The largest absolute Gasteiger partial charge is 0.477 e. The van der Waals surface area contributed by atoms with Crippen LogP contribution in [0.4, 0.5) is 5.69 Å². The molecular weight excluding hydrogens is 410 g/mol. The predicted octanol–water partition coefficient (Wildman–Crippen LogP) is 3.66. The van der Waals surface area contributed by atoms with Gasteiger partial charge in [0.1, 0.15) is 4.21 Å². The summed E-state index contributed by atoms with van der Waals surface area (Å²) < 4.78 is 32.8. The first-order valence-corrected chi connectivity index (χ1v) is 11.4. The lowest BCUT2D eigenvalue weighted by Crippen LogP contribution is -2.23. The van der Waals surface area contributed by atoms with E-state index in [0.29, 0.717) is 23.7 Å². The number of rotatable bonds is 9. The van der Waals surface area contributed by atoms with Crippen molar-refractivity contribution in [3.8, 4) is 5.88 Å². The van der Waals surface area contributed by atoms with Gasteiger partial charge in [0.15, 0.2) is 0 Å². The molecule has 0 atom stereocenters. The molecule has 0 unspecified atom stereocenters. The molecule has 0 radical (unpaired) electrons. The summed E-state index contributed by atoms with van der Waals surface area (Å²) in [5, 5.41) is 4.52. The smallest absolute Gasteiger partial charge is 0.271 e. The number of hydrogen-bond donors (Lipinski definition) is 2. The maximum absolute atomic E-state index is 12.4. The van der Waals surface area contributed by atoms with Crippen molar-refractivity contribution in [1.82, 2.24) is 10.3 Å². The van der Waals surface area contributed by atoms with Gasteiger partial charge in [-0.05, 0) is 48.2 Å². The minimum Gasteiger partial charge on any atom is -0.477 e. The topological polar surface area (TPSA) is 97.4 Å². The third kappa shape index (κ3) is 5.55. The van der Waals surface area contributed by atoms with Gasteiger partial charge in [-0.1, -0.05) is 19.1 Å². The first-order valence-electron chi connectivity index (χ1n) is 9.01. The first-order chi connectivity index (χ1) is 14.0. The molecule has 3 rings (SSSR count). The zero-order valence-electron chi connectivity index (χ0n) is 15.8. The zero-order chi connectivity index (χ0) is 20.7. The Bertz CT molecular complexity index is 1050. The van der Waals surface area contributed by atoms with E-state index in [1.165, 1.54) is 6.07 Å². The van der Waals surface area contributed by atoms with Crippen molar-refractivity contribution in [2.75, 3.05) is 11.3 Å².